The molecule has 0 N–H and O–H groups in total. The van der Waals surface area contributed by atoms with Crippen LogP contribution in [0.4, 0.5) is 5.69 Å². The lowest BCUT2D eigenvalue weighted by Gasteiger charge is -2.37. The molecule has 4 rings (SSSR count). The van der Waals surface area contributed by atoms with Crippen LogP contribution >= 0.6 is 0 Å². The second kappa shape index (κ2) is 6.53. The Labute approximate surface area is 164 Å². The summed E-state index contributed by atoms with van der Waals surface area (Å²) in [5, 5.41) is 0. The highest BCUT2D eigenvalue weighted by Gasteiger charge is 2.50. The lowest BCUT2D eigenvalue weighted by atomic mass is 9.95. The molecule has 1 aromatic rings. The predicted octanol–water partition coefficient (Wildman–Crippen LogP) is 1.37. The highest BCUT2D eigenvalue weighted by atomic mass is 32.2. The van der Waals surface area contributed by atoms with Crippen molar-refractivity contribution in [1.82, 2.24) is 4.90 Å². The fourth-order valence-corrected chi connectivity index (χ4v) is 6.14. The Bertz CT molecular complexity index is 910. The lowest BCUT2D eigenvalue weighted by Crippen LogP contribution is -2.47. The van der Waals surface area contributed by atoms with Crippen molar-refractivity contribution in [2.45, 2.75) is 32.5 Å². The van der Waals surface area contributed by atoms with Gasteiger partial charge in [0, 0.05) is 31.5 Å². The van der Waals surface area contributed by atoms with Gasteiger partial charge in [-0.1, -0.05) is 6.07 Å². The summed E-state index contributed by atoms with van der Waals surface area (Å²) in [5.41, 5.74) is -0.423. The smallest absolute Gasteiger partial charge is 0.253 e. The molecule has 152 valence electrons. The quantitative estimate of drug-likeness (QED) is 0.734. The number of carbonyl (C=O) groups is 2. The lowest BCUT2D eigenvalue weighted by molar-refractivity contribution is -0.181. The van der Waals surface area contributed by atoms with E-state index in [-0.39, 0.29) is 17.3 Å². The van der Waals surface area contributed by atoms with E-state index in [1.807, 2.05) is 0 Å². The van der Waals surface area contributed by atoms with Crippen LogP contribution in [0.25, 0.3) is 0 Å². The summed E-state index contributed by atoms with van der Waals surface area (Å²) in [5.74, 6) is -1.49. The summed E-state index contributed by atoms with van der Waals surface area (Å²) in [6.07, 6.45) is 1.21. The Balaban J connectivity index is 1.54. The maximum Gasteiger partial charge on any atom is 0.253 e. The molecule has 0 saturated carbocycles. The molecule has 1 spiro atoms. The molecule has 0 bridgehead atoms. The SMILES string of the molecule is CC1(C)CS(=O)(=O)N(c2cccc(C(=O)N3CCC4(CC3)OCCO4)c2)C1=O. The van der Waals surface area contributed by atoms with Crippen LogP contribution in [-0.2, 0) is 24.3 Å². The number of carbonyl (C=O) groups excluding carboxylic acids is 2. The molecule has 0 aliphatic carbocycles. The van der Waals surface area contributed by atoms with Crippen LogP contribution in [0.1, 0.15) is 37.0 Å². The molecule has 9 heteroatoms. The van der Waals surface area contributed by atoms with Crippen molar-refractivity contribution in [3.63, 3.8) is 0 Å². The van der Waals surface area contributed by atoms with Gasteiger partial charge in [-0.2, -0.15) is 0 Å². The number of piperidine rings is 1. The van der Waals surface area contributed by atoms with Crippen LogP contribution in [0.5, 0.6) is 0 Å². The van der Waals surface area contributed by atoms with Crippen molar-refractivity contribution in [3.8, 4) is 0 Å². The largest absolute Gasteiger partial charge is 0.347 e. The van der Waals surface area contributed by atoms with Crippen LogP contribution in [0.2, 0.25) is 0 Å². The van der Waals surface area contributed by atoms with Gasteiger partial charge in [-0.3, -0.25) is 9.59 Å². The van der Waals surface area contributed by atoms with Gasteiger partial charge in [-0.25, -0.2) is 12.7 Å². The maximum absolute atomic E-state index is 12.9. The minimum absolute atomic E-state index is 0.196. The first-order valence-electron chi connectivity index (χ1n) is 9.38. The van der Waals surface area contributed by atoms with Crippen LogP contribution < -0.4 is 4.31 Å². The highest BCUT2D eigenvalue weighted by molar-refractivity contribution is 7.94. The van der Waals surface area contributed by atoms with Gasteiger partial charge in [-0.05, 0) is 32.0 Å². The number of ether oxygens (including phenoxy) is 2. The van der Waals surface area contributed by atoms with Gasteiger partial charge in [-0.15, -0.1) is 0 Å². The molecule has 8 nitrogen and oxygen atoms in total. The van der Waals surface area contributed by atoms with Gasteiger partial charge in [0.2, 0.25) is 15.9 Å². The molecule has 0 aromatic heterocycles. The van der Waals surface area contributed by atoms with E-state index in [4.69, 9.17) is 9.47 Å². The Kier molecular flexibility index (Phi) is 4.52. The van der Waals surface area contributed by atoms with E-state index in [2.05, 4.69) is 0 Å². The van der Waals surface area contributed by atoms with Crippen molar-refractivity contribution >= 4 is 27.5 Å². The molecule has 3 aliphatic rings. The van der Waals surface area contributed by atoms with E-state index >= 15 is 0 Å². The Morgan fingerprint density at radius 2 is 1.75 bits per heavy atom. The van der Waals surface area contributed by atoms with Crippen LogP contribution in [0, 0.1) is 5.41 Å². The van der Waals surface area contributed by atoms with E-state index in [1.165, 1.54) is 6.07 Å². The Hall–Kier alpha value is -1.97. The van der Waals surface area contributed by atoms with E-state index < -0.39 is 27.1 Å². The summed E-state index contributed by atoms with van der Waals surface area (Å²) in [6, 6.07) is 6.26. The van der Waals surface area contributed by atoms with Crippen molar-refractivity contribution in [2.24, 2.45) is 5.41 Å². The molecular weight excluding hydrogens is 384 g/mol. The van der Waals surface area contributed by atoms with Crippen molar-refractivity contribution < 1.29 is 27.5 Å². The van der Waals surface area contributed by atoms with E-state index in [0.29, 0.717) is 44.7 Å². The minimum Gasteiger partial charge on any atom is -0.347 e. The van der Waals surface area contributed by atoms with E-state index in [0.717, 1.165) is 4.31 Å². The molecule has 1 aromatic carbocycles. The first-order valence-corrected chi connectivity index (χ1v) is 11.0. The molecule has 3 saturated heterocycles. The number of anilines is 1. The third-order valence-corrected chi connectivity index (χ3v) is 7.56. The van der Waals surface area contributed by atoms with Gasteiger partial charge in [0.15, 0.2) is 5.79 Å². The number of amides is 2. The fraction of sp³-hybridized carbons (Fsp3) is 0.579. The standard InChI is InChI=1S/C19H24N2O6S/c1-18(2)13-28(24,25)21(17(18)23)15-5-3-4-14(12-15)16(22)20-8-6-19(7-9-20)26-10-11-27-19/h3-5,12H,6-11,13H2,1-2H3. The molecule has 0 atom stereocenters. The van der Waals surface area contributed by atoms with Gasteiger partial charge in [0.25, 0.3) is 5.91 Å². The summed E-state index contributed by atoms with van der Waals surface area (Å²) in [4.78, 5) is 27.2. The second-order valence-corrected chi connectivity index (χ2v) is 9.98. The van der Waals surface area contributed by atoms with Gasteiger partial charge in [0.1, 0.15) is 0 Å². The summed E-state index contributed by atoms with van der Waals surface area (Å²) in [6.45, 7) is 5.36. The summed E-state index contributed by atoms with van der Waals surface area (Å²) >= 11 is 0. The fourth-order valence-electron chi connectivity index (χ4n) is 4.05. The predicted molar refractivity (Wildman–Crippen MR) is 101 cm³/mol. The number of hydrogen-bond acceptors (Lipinski definition) is 6. The summed E-state index contributed by atoms with van der Waals surface area (Å²) in [7, 11) is -3.75. The van der Waals surface area contributed by atoms with Crippen molar-refractivity contribution in [2.75, 3.05) is 36.4 Å². The maximum atomic E-state index is 12.9. The monoisotopic (exact) mass is 408 g/mol. The molecule has 3 heterocycles. The first kappa shape index (κ1) is 19.4. The zero-order valence-corrected chi connectivity index (χ0v) is 16.8. The van der Waals surface area contributed by atoms with Crippen LogP contribution in [0.3, 0.4) is 0 Å². The van der Waals surface area contributed by atoms with E-state index in [1.54, 1.807) is 36.9 Å². The first-order chi connectivity index (χ1) is 13.1. The van der Waals surface area contributed by atoms with Crippen LogP contribution in [-0.4, -0.2) is 63.0 Å². The van der Waals surface area contributed by atoms with Crippen LogP contribution in [0.15, 0.2) is 24.3 Å². The minimum atomic E-state index is -3.75. The number of nitrogens with zero attached hydrogens (tertiary/aromatic N) is 2. The Morgan fingerprint density at radius 3 is 2.32 bits per heavy atom. The normalized spacial score (nSPS) is 25.4. The molecule has 0 unspecified atom stereocenters. The third kappa shape index (κ3) is 3.21. The zero-order chi connectivity index (χ0) is 20.2. The zero-order valence-electron chi connectivity index (χ0n) is 16.0. The number of hydrogen-bond donors (Lipinski definition) is 0. The van der Waals surface area contributed by atoms with Gasteiger partial charge < -0.3 is 14.4 Å². The number of likely N-dealkylation sites (tertiary alicyclic amines) is 1. The molecule has 3 aliphatic heterocycles. The average molecular weight is 408 g/mol. The Morgan fingerprint density at radius 1 is 1.11 bits per heavy atom. The topological polar surface area (TPSA) is 93.2 Å². The highest BCUT2D eigenvalue weighted by Crippen LogP contribution is 2.36. The van der Waals surface area contributed by atoms with Crippen molar-refractivity contribution in [1.29, 1.82) is 0 Å². The second-order valence-electron chi connectivity index (χ2n) is 8.16. The van der Waals surface area contributed by atoms with Crippen molar-refractivity contribution in [3.05, 3.63) is 29.8 Å². The molecular formula is C19H24N2O6S. The van der Waals surface area contributed by atoms with Gasteiger partial charge >= 0.3 is 0 Å². The molecule has 28 heavy (non-hydrogen) atoms. The van der Waals surface area contributed by atoms with E-state index in [9.17, 15) is 18.0 Å². The molecule has 2 amide bonds. The summed E-state index contributed by atoms with van der Waals surface area (Å²) < 4.78 is 37.2. The number of sulfonamides is 1. The molecule has 0 radical (unpaired) electrons. The average Bonchev–Trinajstić information content (AvgIpc) is 3.15. The van der Waals surface area contributed by atoms with Gasteiger partial charge in [0.05, 0.1) is 30.1 Å². The number of rotatable bonds is 2. The number of benzene rings is 1. The molecule has 3 fully saturated rings. The third-order valence-electron chi connectivity index (χ3n) is 5.54.